The number of carbonyl (C=O) groups excluding carboxylic acids is 2. The number of hydrogen-bond donors (Lipinski definition) is 2. The molecule has 1 aromatic carbocycles. The molecule has 0 spiro atoms. The third-order valence-corrected chi connectivity index (χ3v) is 2.99. The highest BCUT2D eigenvalue weighted by molar-refractivity contribution is 5.93. The first-order valence-corrected chi connectivity index (χ1v) is 6.26. The van der Waals surface area contributed by atoms with Gasteiger partial charge in [0.2, 0.25) is 0 Å². The molecule has 0 saturated heterocycles. The molecule has 0 atom stereocenters. The normalized spacial score (nSPS) is 11.4. The topological polar surface area (TPSA) is 67.4 Å². The summed E-state index contributed by atoms with van der Waals surface area (Å²) in [7, 11) is 1.30. The molecule has 0 bridgehead atoms. The number of allylic oxidation sites excluding steroid dienone is 1. The molecule has 0 radical (unpaired) electrons. The Labute approximate surface area is 119 Å². The maximum absolute atomic E-state index is 11.9. The molecular formula is C15H20N2O3. The molecule has 0 saturated carbocycles. The summed E-state index contributed by atoms with van der Waals surface area (Å²) in [5.41, 5.74) is 3.66. The molecular weight excluding hydrogens is 256 g/mol. The molecule has 0 aliphatic carbocycles. The van der Waals surface area contributed by atoms with Crippen molar-refractivity contribution >= 4 is 17.7 Å². The van der Waals surface area contributed by atoms with Gasteiger partial charge in [-0.15, -0.1) is 0 Å². The van der Waals surface area contributed by atoms with Gasteiger partial charge in [0.1, 0.15) is 0 Å². The van der Waals surface area contributed by atoms with Crippen LogP contribution in [0.1, 0.15) is 25.0 Å². The van der Waals surface area contributed by atoms with Gasteiger partial charge in [-0.25, -0.2) is 9.59 Å². The largest absolute Gasteiger partial charge is 0.466 e. The number of benzene rings is 1. The zero-order valence-corrected chi connectivity index (χ0v) is 12.5. The fourth-order valence-electron chi connectivity index (χ4n) is 1.68. The third-order valence-electron chi connectivity index (χ3n) is 2.99. The van der Waals surface area contributed by atoms with Gasteiger partial charge in [-0.3, -0.25) is 0 Å². The summed E-state index contributed by atoms with van der Waals surface area (Å²) in [6.07, 6.45) is 0. The monoisotopic (exact) mass is 276 g/mol. The van der Waals surface area contributed by atoms with Crippen molar-refractivity contribution in [2.24, 2.45) is 0 Å². The number of esters is 1. The van der Waals surface area contributed by atoms with Gasteiger partial charge in [-0.2, -0.15) is 0 Å². The van der Waals surface area contributed by atoms with E-state index in [-0.39, 0.29) is 0 Å². The minimum Gasteiger partial charge on any atom is -0.466 e. The molecule has 2 amide bonds. The van der Waals surface area contributed by atoms with Crippen molar-refractivity contribution in [3.8, 4) is 0 Å². The van der Waals surface area contributed by atoms with E-state index in [4.69, 9.17) is 0 Å². The van der Waals surface area contributed by atoms with Gasteiger partial charge in [0.25, 0.3) is 0 Å². The first kappa shape index (κ1) is 15.8. The van der Waals surface area contributed by atoms with E-state index in [1.54, 1.807) is 13.8 Å². The molecule has 0 aliphatic heterocycles. The van der Waals surface area contributed by atoms with Crippen LogP contribution in [-0.4, -0.2) is 19.1 Å². The van der Waals surface area contributed by atoms with Crippen LogP contribution in [0.25, 0.3) is 0 Å². The van der Waals surface area contributed by atoms with E-state index < -0.39 is 12.0 Å². The number of amides is 2. The molecule has 5 heteroatoms. The number of anilines is 1. The molecule has 0 fully saturated rings. The summed E-state index contributed by atoms with van der Waals surface area (Å²) in [6, 6.07) is 5.36. The standard InChI is InChI=1S/C15H20N2O3/c1-9-6-7-13(10(2)8-9)17-15(19)16-12(4)11(3)14(18)20-5/h6-8H,1-5H3,(H2,16,17,19)/b12-11-. The molecule has 2 N–H and O–H groups in total. The fraction of sp³-hybridized carbons (Fsp3) is 0.333. The summed E-state index contributed by atoms with van der Waals surface area (Å²) in [5, 5.41) is 5.36. The van der Waals surface area contributed by atoms with E-state index in [1.165, 1.54) is 7.11 Å². The van der Waals surface area contributed by atoms with Gasteiger partial charge in [0.15, 0.2) is 0 Å². The number of urea groups is 1. The fourth-order valence-corrected chi connectivity index (χ4v) is 1.68. The second kappa shape index (κ2) is 6.75. The number of rotatable bonds is 3. The molecule has 0 aliphatic rings. The summed E-state index contributed by atoms with van der Waals surface area (Å²) in [4.78, 5) is 23.2. The average Bonchev–Trinajstić information content (AvgIpc) is 2.40. The van der Waals surface area contributed by atoms with Crippen molar-refractivity contribution in [2.75, 3.05) is 12.4 Å². The first-order chi connectivity index (χ1) is 9.35. The number of ether oxygens (including phenoxy) is 1. The van der Waals surface area contributed by atoms with Crippen LogP contribution in [0.3, 0.4) is 0 Å². The molecule has 0 unspecified atom stereocenters. The highest BCUT2D eigenvalue weighted by Crippen LogP contribution is 2.16. The number of methoxy groups -OCH3 is 1. The maximum atomic E-state index is 11.9. The van der Waals surface area contributed by atoms with Crippen LogP contribution in [0.2, 0.25) is 0 Å². The van der Waals surface area contributed by atoms with Crippen LogP contribution in [0.5, 0.6) is 0 Å². The van der Waals surface area contributed by atoms with Crippen LogP contribution >= 0.6 is 0 Å². The van der Waals surface area contributed by atoms with Gasteiger partial charge in [0, 0.05) is 11.4 Å². The van der Waals surface area contributed by atoms with E-state index >= 15 is 0 Å². The van der Waals surface area contributed by atoms with Gasteiger partial charge in [0.05, 0.1) is 12.7 Å². The highest BCUT2D eigenvalue weighted by atomic mass is 16.5. The number of hydrogen-bond acceptors (Lipinski definition) is 3. The molecule has 0 heterocycles. The van der Waals surface area contributed by atoms with Crippen molar-refractivity contribution in [1.29, 1.82) is 0 Å². The van der Waals surface area contributed by atoms with Crippen LogP contribution in [-0.2, 0) is 9.53 Å². The molecule has 5 nitrogen and oxygen atoms in total. The lowest BCUT2D eigenvalue weighted by atomic mass is 10.1. The Morgan fingerprint density at radius 2 is 1.80 bits per heavy atom. The quantitative estimate of drug-likeness (QED) is 0.659. The van der Waals surface area contributed by atoms with E-state index in [0.717, 1.165) is 16.8 Å². The summed E-state index contributed by atoms with van der Waals surface area (Å²) in [6.45, 7) is 7.15. The highest BCUT2D eigenvalue weighted by Gasteiger charge is 2.10. The second-order valence-electron chi connectivity index (χ2n) is 4.64. The zero-order valence-electron chi connectivity index (χ0n) is 12.5. The van der Waals surface area contributed by atoms with E-state index in [1.807, 2.05) is 32.0 Å². The molecule has 1 rings (SSSR count). The van der Waals surface area contributed by atoms with Crippen LogP contribution in [0, 0.1) is 13.8 Å². The predicted molar refractivity (Wildman–Crippen MR) is 78.5 cm³/mol. The molecule has 108 valence electrons. The molecule has 0 aromatic heterocycles. The van der Waals surface area contributed by atoms with E-state index in [2.05, 4.69) is 15.4 Å². The second-order valence-corrected chi connectivity index (χ2v) is 4.64. The Kier molecular flexibility index (Phi) is 5.32. The van der Waals surface area contributed by atoms with Gasteiger partial charge >= 0.3 is 12.0 Å². The lowest BCUT2D eigenvalue weighted by Gasteiger charge is -2.12. The number of aryl methyl sites for hydroxylation is 2. The Bertz CT molecular complexity index is 562. The van der Waals surface area contributed by atoms with E-state index in [0.29, 0.717) is 11.3 Å². The van der Waals surface area contributed by atoms with Crippen LogP contribution in [0.4, 0.5) is 10.5 Å². The Hall–Kier alpha value is -2.30. The van der Waals surface area contributed by atoms with Gasteiger partial charge in [-0.1, -0.05) is 17.7 Å². The van der Waals surface area contributed by atoms with Crippen molar-refractivity contribution in [3.63, 3.8) is 0 Å². The van der Waals surface area contributed by atoms with E-state index in [9.17, 15) is 9.59 Å². The minimum absolute atomic E-state index is 0.364. The van der Waals surface area contributed by atoms with Crippen LogP contribution < -0.4 is 10.6 Å². The summed E-state index contributed by atoms with van der Waals surface area (Å²) < 4.78 is 4.60. The maximum Gasteiger partial charge on any atom is 0.335 e. The van der Waals surface area contributed by atoms with Gasteiger partial charge in [-0.05, 0) is 39.3 Å². The Morgan fingerprint density at radius 3 is 2.35 bits per heavy atom. The SMILES string of the molecule is COC(=O)/C(C)=C(/C)NC(=O)Nc1ccc(C)cc1C. The van der Waals surface area contributed by atoms with Crippen molar-refractivity contribution in [1.82, 2.24) is 5.32 Å². The smallest absolute Gasteiger partial charge is 0.335 e. The molecule has 1 aromatic rings. The lowest BCUT2D eigenvalue weighted by Crippen LogP contribution is -2.29. The molecule has 20 heavy (non-hydrogen) atoms. The predicted octanol–water partition coefficient (Wildman–Crippen LogP) is 2.89. The number of carbonyl (C=O) groups is 2. The Balaban J connectivity index is 2.75. The minimum atomic E-state index is -0.464. The average molecular weight is 276 g/mol. The van der Waals surface area contributed by atoms with Crippen LogP contribution in [0.15, 0.2) is 29.5 Å². The Morgan fingerprint density at radius 1 is 1.15 bits per heavy atom. The zero-order chi connectivity index (χ0) is 15.3. The van der Waals surface area contributed by atoms with Crippen molar-refractivity contribution < 1.29 is 14.3 Å². The number of nitrogens with one attached hydrogen (secondary N) is 2. The third kappa shape index (κ3) is 4.12. The lowest BCUT2D eigenvalue weighted by molar-refractivity contribution is -0.136. The van der Waals surface area contributed by atoms with Crippen molar-refractivity contribution in [3.05, 3.63) is 40.6 Å². The summed E-state index contributed by atoms with van der Waals surface area (Å²) in [5.74, 6) is -0.464. The van der Waals surface area contributed by atoms with Crippen molar-refractivity contribution in [2.45, 2.75) is 27.7 Å². The van der Waals surface area contributed by atoms with Gasteiger partial charge < -0.3 is 15.4 Å². The first-order valence-electron chi connectivity index (χ1n) is 6.26. The summed E-state index contributed by atoms with van der Waals surface area (Å²) >= 11 is 0.